The minimum Gasteiger partial charge on any atom is -0.349 e. The molecule has 1 aromatic rings. The van der Waals surface area contributed by atoms with Gasteiger partial charge in [0.15, 0.2) is 0 Å². The molecule has 0 atom stereocenters. The van der Waals surface area contributed by atoms with Crippen molar-refractivity contribution < 1.29 is 4.79 Å². The van der Waals surface area contributed by atoms with Crippen LogP contribution >= 0.6 is 11.6 Å². The zero-order valence-corrected chi connectivity index (χ0v) is 12.5. The van der Waals surface area contributed by atoms with E-state index in [2.05, 4.69) is 31.1 Å². The molecule has 0 aromatic carbocycles. The van der Waals surface area contributed by atoms with Crippen molar-refractivity contribution >= 4 is 17.5 Å². The maximum atomic E-state index is 12.2. The number of hydrogen-bond acceptors (Lipinski definition) is 2. The van der Waals surface area contributed by atoms with Crippen LogP contribution in [0.5, 0.6) is 0 Å². The lowest BCUT2D eigenvalue weighted by atomic mass is 9.91. The average Bonchev–Trinajstić information content (AvgIpc) is 2.79. The van der Waals surface area contributed by atoms with Gasteiger partial charge >= 0.3 is 0 Å². The average molecular weight is 281 g/mol. The van der Waals surface area contributed by atoms with Crippen LogP contribution in [0.2, 0.25) is 5.15 Å². The van der Waals surface area contributed by atoms with Crippen LogP contribution in [0.1, 0.15) is 62.5 Å². The van der Waals surface area contributed by atoms with Gasteiger partial charge in [0, 0.05) is 22.7 Å². The molecule has 1 aliphatic rings. The van der Waals surface area contributed by atoms with Crippen molar-refractivity contribution in [2.75, 3.05) is 0 Å². The van der Waals surface area contributed by atoms with E-state index >= 15 is 0 Å². The van der Waals surface area contributed by atoms with E-state index in [9.17, 15) is 4.79 Å². The van der Waals surface area contributed by atoms with E-state index in [1.165, 1.54) is 12.8 Å². The first-order valence-corrected chi connectivity index (χ1v) is 7.23. The molecule has 1 saturated carbocycles. The summed E-state index contributed by atoms with van der Waals surface area (Å²) in [7, 11) is 0. The van der Waals surface area contributed by atoms with E-state index in [-0.39, 0.29) is 11.3 Å². The van der Waals surface area contributed by atoms with Crippen LogP contribution in [0.4, 0.5) is 0 Å². The molecule has 1 aliphatic carbocycles. The van der Waals surface area contributed by atoms with E-state index in [1.807, 2.05) is 6.07 Å². The van der Waals surface area contributed by atoms with Crippen molar-refractivity contribution in [3.8, 4) is 0 Å². The lowest BCUT2D eigenvalue weighted by Gasteiger charge is -2.19. The molecule has 0 spiro atoms. The van der Waals surface area contributed by atoms with E-state index in [0.717, 1.165) is 18.5 Å². The number of pyridine rings is 1. The molecule has 3 nitrogen and oxygen atoms in total. The highest BCUT2D eigenvalue weighted by atomic mass is 35.5. The first-order valence-electron chi connectivity index (χ1n) is 6.85. The fraction of sp³-hybridized carbons (Fsp3) is 0.600. The lowest BCUT2D eigenvalue weighted by molar-refractivity contribution is 0.0937. The smallest absolute Gasteiger partial charge is 0.251 e. The molecule has 0 aliphatic heterocycles. The Bertz CT molecular complexity index is 474. The molecule has 0 radical (unpaired) electrons. The Hall–Kier alpha value is -1.09. The molecular formula is C15H21ClN2O. The summed E-state index contributed by atoms with van der Waals surface area (Å²) in [6.45, 7) is 6.18. The second kappa shape index (κ2) is 5.49. The van der Waals surface area contributed by atoms with Gasteiger partial charge in [0.2, 0.25) is 0 Å². The monoisotopic (exact) mass is 280 g/mol. The minimum atomic E-state index is -0.118. The van der Waals surface area contributed by atoms with Crippen LogP contribution < -0.4 is 5.32 Å². The van der Waals surface area contributed by atoms with Crippen molar-refractivity contribution in [3.05, 3.63) is 28.5 Å². The summed E-state index contributed by atoms with van der Waals surface area (Å²) in [4.78, 5) is 16.5. The second-order valence-corrected chi connectivity index (χ2v) is 6.66. The van der Waals surface area contributed by atoms with Gasteiger partial charge < -0.3 is 5.32 Å². The number of aromatic nitrogens is 1. The number of hydrogen-bond donors (Lipinski definition) is 1. The molecule has 1 amide bonds. The Labute approximate surface area is 119 Å². The molecule has 0 unspecified atom stereocenters. The number of carbonyl (C=O) groups is 1. The van der Waals surface area contributed by atoms with Crippen LogP contribution in [0.3, 0.4) is 0 Å². The van der Waals surface area contributed by atoms with Crippen molar-refractivity contribution in [2.45, 2.75) is 57.9 Å². The number of nitrogens with one attached hydrogen (secondary N) is 1. The lowest BCUT2D eigenvalue weighted by Crippen LogP contribution is -2.32. The number of halogens is 1. The standard InChI is InChI=1S/C15H21ClN2O/c1-15(2,3)12-8-10(9-13(16)18-12)14(19)17-11-6-4-5-7-11/h8-9,11H,4-7H2,1-3H3,(H,17,19). The number of amides is 1. The van der Waals surface area contributed by atoms with Crippen LogP contribution in [0, 0.1) is 0 Å². The van der Waals surface area contributed by atoms with Gasteiger partial charge in [0.1, 0.15) is 5.15 Å². The van der Waals surface area contributed by atoms with Crippen LogP contribution in [-0.2, 0) is 5.41 Å². The van der Waals surface area contributed by atoms with E-state index in [0.29, 0.717) is 16.8 Å². The van der Waals surface area contributed by atoms with Gasteiger partial charge in [0.05, 0.1) is 0 Å². The van der Waals surface area contributed by atoms with E-state index in [1.54, 1.807) is 6.07 Å². The highest BCUT2D eigenvalue weighted by Crippen LogP contribution is 2.24. The summed E-state index contributed by atoms with van der Waals surface area (Å²) in [5.41, 5.74) is 1.33. The summed E-state index contributed by atoms with van der Waals surface area (Å²) < 4.78 is 0. The first-order chi connectivity index (χ1) is 8.86. The molecule has 104 valence electrons. The third-order valence-electron chi connectivity index (χ3n) is 3.52. The van der Waals surface area contributed by atoms with Crippen LogP contribution in [0.25, 0.3) is 0 Å². The molecule has 0 saturated heterocycles. The zero-order valence-electron chi connectivity index (χ0n) is 11.8. The summed E-state index contributed by atoms with van der Waals surface area (Å²) in [6.07, 6.45) is 4.57. The van der Waals surface area contributed by atoms with Gasteiger partial charge in [-0.05, 0) is 25.0 Å². The molecule has 19 heavy (non-hydrogen) atoms. The van der Waals surface area contributed by atoms with Crippen molar-refractivity contribution in [1.82, 2.24) is 10.3 Å². The Balaban J connectivity index is 2.19. The van der Waals surface area contributed by atoms with Gasteiger partial charge in [-0.2, -0.15) is 0 Å². The molecule has 1 fully saturated rings. The second-order valence-electron chi connectivity index (χ2n) is 6.27. The summed E-state index contributed by atoms with van der Waals surface area (Å²) in [5.74, 6) is -0.0401. The largest absolute Gasteiger partial charge is 0.349 e. The zero-order chi connectivity index (χ0) is 14.0. The van der Waals surface area contributed by atoms with Crippen molar-refractivity contribution in [3.63, 3.8) is 0 Å². The maximum absolute atomic E-state index is 12.2. The van der Waals surface area contributed by atoms with Gasteiger partial charge in [-0.3, -0.25) is 4.79 Å². The molecule has 4 heteroatoms. The Kier molecular flexibility index (Phi) is 4.14. The predicted molar refractivity (Wildman–Crippen MR) is 77.7 cm³/mol. The highest BCUT2D eigenvalue weighted by Gasteiger charge is 2.21. The SMILES string of the molecule is CC(C)(C)c1cc(C(=O)NC2CCCC2)cc(Cl)n1. The Morgan fingerprint density at radius 3 is 2.53 bits per heavy atom. The normalized spacial score (nSPS) is 16.6. The number of rotatable bonds is 2. The fourth-order valence-electron chi connectivity index (χ4n) is 2.35. The molecule has 0 bridgehead atoms. The third-order valence-corrected chi connectivity index (χ3v) is 3.71. The maximum Gasteiger partial charge on any atom is 0.251 e. The topological polar surface area (TPSA) is 42.0 Å². The summed E-state index contributed by atoms with van der Waals surface area (Å²) in [5, 5.41) is 3.45. The van der Waals surface area contributed by atoms with Crippen LogP contribution in [-0.4, -0.2) is 16.9 Å². The molecule has 1 N–H and O–H groups in total. The highest BCUT2D eigenvalue weighted by molar-refractivity contribution is 6.29. The minimum absolute atomic E-state index is 0.0401. The molecular weight excluding hydrogens is 260 g/mol. The molecule has 1 aromatic heterocycles. The van der Waals surface area contributed by atoms with Gasteiger partial charge in [0.25, 0.3) is 5.91 Å². The number of nitrogens with zero attached hydrogens (tertiary/aromatic N) is 1. The van der Waals surface area contributed by atoms with E-state index in [4.69, 9.17) is 11.6 Å². The Morgan fingerprint density at radius 1 is 1.32 bits per heavy atom. The number of carbonyl (C=O) groups excluding carboxylic acids is 1. The van der Waals surface area contributed by atoms with Crippen molar-refractivity contribution in [1.29, 1.82) is 0 Å². The quantitative estimate of drug-likeness (QED) is 0.839. The van der Waals surface area contributed by atoms with Gasteiger partial charge in [-0.1, -0.05) is 45.2 Å². The molecule has 1 heterocycles. The first kappa shape index (κ1) is 14.3. The summed E-state index contributed by atoms with van der Waals surface area (Å²) >= 11 is 6.03. The van der Waals surface area contributed by atoms with Gasteiger partial charge in [-0.25, -0.2) is 4.98 Å². The fourth-order valence-corrected chi connectivity index (χ4v) is 2.56. The van der Waals surface area contributed by atoms with Gasteiger partial charge in [-0.15, -0.1) is 0 Å². The Morgan fingerprint density at radius 2 is 1.95 bits per heavy atom. The third kappa shape index (κ3) is 3.69. The predicted octanol–water partition coefficient (Wildman–Crippen LogP) is 3.70. The van der Waals surface area contributed by atoms with E-state index < -0.39 is 0 Å². The van der Waals surface area contributed by atoms with Crippen LogP contribution in [0.15, 0.2) is 12.1 Å². The molecule has 2 rings (SSSR count). The summed E-state index contributed by atoms with van der Waals surface area (Å²) in [6, 6.07) is 3.80. The van der Waals surface area contributed by atoms with Crippen molar-refractivity contribution in [2.24, 2.45) is 0 Å².